The van der Waals surface area contributed by atoms with Crippen LogP contribution in [0.25, 0.3) is 11.1 Å². The van der Waals surface area contributed by atoms with Crippen molar-refractivity contribution in [3.05, 3.63) is 48.5 Å². The zero-order valence-electron chi connectivity index (χ0n) is 14.3. The molecule has 0 aliphatic carbocycles. The second kappa shape index (κ2) is 8.74. The van der Waals surface area contributed by atoms with Gasteiger partial charge in [-0.05, 0) is 47.7 Å². The Labute approximate surface area is 148 Å². The fraction of sp³-hybridized carbons (Fsp3) is 0.350. The normalized spacial score (nSPS) is 12.0. The average molecular weight is 347 g/mol. The van der Waals surface area contributed by atoms with Crippen molar-refractivity contribution in [2.24, 2.45) is 5.92 Å². The van der Waals surface area contributed by atoms with Crippen LogP contribution in [0.15, 0.2) is 48.5 Å². The number of carbonyl (C=O) groups excluding carboxylic acids is 1. The third-order valence-electron chi connectivity index (χ3n) is 3.54. The van der Waals surface area contributed by atoms with E-state index >= 15 is 0 Å². The molecular weight excluding hydrogens is 324 g/mol. The molecule has 1 unspecified atom stereocenters. The number of ether oxygens (including phenoxy) is 2. The lowest BCUT2D eigenvalue weighted by molar-refractivity contribution is -0.134. The Hall–Kier alpha value is -2.00. The Bertz CT molecular complexity index is 648. The van der Waals surface area contributed by atoms with E-state index in [9.17, 15) is 4.79 Å². The van der Waals surface area contributed by atoms with Crippen molar-refractivity contribution in [2.75, 3.05) is 6.61 Å². The van der Waals surface area contributed by atoms with Gasteiger partial charge in [0, 0.05) is 0 Å². The van der Waals surface area contributed by atoms with E-state index in [1.165, 1.54) is 0 Å². The summed E-state index contributed by atoms with van der Waals surface area (Å²) in [5.41, 5.74) is 2.12. The second-order valence-electron chi connectivity index (χ2n) is 5.96. The quantitative estimate of drug-likeness (QED) is 0.387. The zero-order chi connectivity index (χ0) is 17.5. The van der Waals surface area contributed by atoms with E-state index in [0.717, 1.165) is 29.9 Å². The maximum Gasteiger partial charge on any atom is 0.329 e. The molecule has 4 heteroatoms. The van der Waals surface area contributed by atoms with Gasteiger partial charge in [0.05, 0.1) is 6.61 Å². The number of benzene rings is 2. The van der Waals surface area contributed by atoms with Gasteiger partial charge in [-0.3, -0.25) is 4.79 Å². The summed E-state index contributed by atoms with van der Waals surface area (Å²) >= 11 is 6.01. The minimum atomic E-state index is -0.639. The molecule has 128 valence electrons. The highest BCUT2D eigenvalue weighted by Gasteiger charge is 2.21. The van der Waals surface area contributed by atoms with Crippen molar-refractivity contribution in [2.45, 2.75) is 32.6 Å². The smallest absolute Gasteiger partial charge is 0.329 e. The summed E-state index contributed by atoms with van der Waals surface area (Å²) in [6.45, 7) is 6.57. The molecule has 0 amide bonds. The van der Waals surface area contributed by atoms with E-state index < -0.39 is 11.3 Å². The van der Waals surface area contributed by atoms with Crippen molar-refractivity contribution in [1.82, 2.24) is 0 Å². The first-order valence-corrected chi connectivity index (χ1v) is 8.64. The molecule has 0 aromatic heterocycles. The van der Waals surface area contributed by atoms with Crippen LogP contribution in [0, 0.1) is 5.92 Å². The van der Waals surface area contributed by atoms with Crippen LogP contribution in [0.1, 0.15) is 27.2 Å². The van der Waals surface area contributed by atoms with Gasteiger partial charge in [-0.2, -0.15) is 0 Å². The second-order valence-corrected chi connectivity index (χ2v) is 6.43. The fourth-order valence-corrected chi connectivity index (χ4v) is 2.17. The van der Waals surface area contributed by atoms with Crippen molar-refractivity contribution in [3.8, 4) is 22.6 Å². The van der Waals surface area contributed by atoms with Crippen molar-refractivity contribution < 1.29 is 14.3 Å². The summed E-state index contributed by atoms with van der Waals surface area (Å²) < 4.78 is 10.9. The molecular formula is C20H23ClO3. The third kappa shape index (κ3) is 5.00. The van der Waals surface area contributed by atoms with Crippen LogP contribution in [0.3, 0.4) is 0 Å². The molecule has 0 aliphatic rings. The van der Waals surface area contributed by atoms with Gasteiger partial charge in [-0.1, -0.05) is 45.0 Å². The number of rotatable bonds is 7. The topological polar surface area (TPSA) is 35.5 Å². The molecule has 1 atom stereocenters. The van der Waals surface area contributed by atoms with Crippen LogP contribution >= 0.6 is 11.6 Å². The highest BCUT2D eigenvalue weighted by Crippen LogP contribution is 2.25. The average Bonchev–Trinajstić information content (AvgIpc) is 2.60. The summed E-state index contributed by atoms with van der Waals surface area (Å²) in [6, 6.07) is 15.3. The molecule has 0 radical (unpaired) electrons. The van der Waals surface area contributed by atoms with Gasteiger partial charge in [0.15, 0.2) is 0 Å². The van der Waals surface area contributed by atoms with Gasteiger partial charge in [0.25, 0.3) is 0 Å². The molecule has 2 aromatic rings. The summed E-state index contributed by atoms with van der Waals surface area (Å²) in [7, 11) is 0. The van der Waals surface area contributed by atoms with Crippen LogP contribution in [0.4, 0.5) is 0 Å². The van der Waals surface area contributed by atoms with Gasteiger partial charge >= 0.3 is 5.97 Å². The molecule has 0 saturated carbocycles. The van der Waals surface area contributed by atoms with E-state index in [0.29, 0.717) is 5.75 Å². The summed E-state index contributed by atoms with van der Waals surface area (Å²) in [6.07, 6.45) is 0.988. The SMILES string of the molecule is CCCOc1ccc(-c2ccc(OC(=O)C(Cl)C(C)C)cc2)cc1. The van der Waals surface area contributed by atoms with Gasteiger partial charge in [-0.25, -0.2) is 0 Å². The first-order chi connectivity index (χ1) is 11.5. The molecule has 24 heavy (non-hydrogen) atoms. The van der Waals surface area contributed by atoms with Gasteiger partial charge in [0.1, 0.15) is 16.9 Å². The molecule has 0 N–H and O–H groups in total. The highest BCUT2D eigenvalue weighted by atomic mass is 35.5. The van der Waals surface area contributed by atoms with Crippen molar-refractivity contribution in [3.63, 3.8) is 0 Å². The number of carbonyl (C=O) groups is 1. The Morgan fingerprint density at radius 1 is 0.958 bits per heavy atom. The molecule has 0 bridgehead atoms. The lowest BCUT2D eigenvalue weighted by Gasteiger charge is -2.12. The van der Waals surface area contributed by atoms with Gasteiger partial charge in [-0.15, -0.1) is 11.6 Å². The number of hydrogen-bond acceptors (Lipinski definition) is 3. The molecule has 0 fully saturated rings. The van der Waals surface area contributed by atoms with E-state index in [1.807, 2.05) is 50.2 Å². The number of halogens is 1. The van der Waals surface area contributed by atoms with Gasteiger partial charge in [0.2, 0.25) is 0 Å². The van der Waals surface area contributed by atoms with E-state index in [2.05, 4.69) is 6.92 Å². The molecule has 0 spiro atoms. The summed E-state index contributed by atoms with van der Waals surface area (Å²) in [4.78, 5) is 11.9. The Balaban J connectivity index is 2.02. The predicted molar refractivity (Wildman–Crippen MR) is 97.8 cm³/mol. The molecule has 0 saturated heterocycles. The molecule has 2 aromatic carbocycles. The molecule has 0 heterocycles. The van der Waals surface area contributed by atoms with E-state index in [1.54, 1.807) is 12.1 Å². The third-order valence-corrected chi connectivity index (χ3v) is 4.23. The predicted octanol–water partition coefficient (Wildman–Crippen LogP) is 5.31. The fourth-order valence-electron chi connectivity index (χ4n) is 2.12. The minimum Gasteiger partial charge on any atom is -0.494 e. The minimum absolute atomic E-state index is 0.0341. The monoisotopic (exact) mass is 346 g/mol. The Kier molecular flexibility index (Phi) is 6.68. The summed E-state index contributed by atoms with van der Waals surface area (Å²) in [5, 5.41) is -0.639. The number of alkyl halides is 1. The van der Waals surface area contributed by atoms with Gasteiger partial charge < -0.3 is 9.47 Å². The van der Waals surface area contributed by atoms with Crippen LogP contribution < -0.4 is 9.47 Å². The molecule has 3 nitrogen and oxygen atoms in total. The number of esters is 1. The van der Waals surface area contributed by atoms with Crippen LogP contribution in [0.5, 0.6) is 11.5 Å². The first-order valence-electron chi connectivity index (χ1n) is 8.20. The Morgan fingerprint density at radius 3 is 1.92 bits per heavy atom. The molecule has 0 aliphatic heterocycles. The summed E-state index contributed by atoms with van der Waals surface area (Å²) in [5.74, 6) is 0.981. The van der Waals surface area contributed by atoms with E-state index in [-0.39, 0.29) is 5.92 Å². The van der Waals surface area contributed by atoms with Crippen LogP contribution in [-0.4, -0.2) is 18.0 Å². The highest BCUT2D eigenvalue weighted by molar-refractivity contribution is 6.30. The zero-order valence-corrected chi connectivity index (χ0v) is 15.0. The van der Waals surface area contributed by atoms with Crippen molar-refractivity contribution >= 4 is 17.6 Å². The lowest BCUT2D eigenvalue weighted by Crippen LogP contribution is -2.25. The van der Waals surface area contributed by atoms with E-state index in [4.69, 9.17) is 21.1 Å². The largest absolute Gasteiger partial charge is 0.494 e. The van der Waals surface area contributed by atoms with Crippen LogP contribution in [-0.2, 0) is 4.79 Å². The maximum absolute atomic E-state index is 11.9. The standard InChI is InChI=1S/C20H23ClO3/c1-4-13-23-17-9-5-15(6-10-17)16-7-11-18(12-8-16)24-20(22)19(21)14(2)3/h5-12,14,19H,4,13H2,1-3H3. The lowest BCUT2D eigenvalue weighted by atomic mass is 10.1. The Morgan fingerprint density at radius 2 is 1.46 bits per heavy atom. The number of hydrogen-bond donors (Lipinski definition) is 0. The first kappa shape index (κ1) is 18.3. The van der Waals surface area contributed by atoms with Crippen molar-refractivity contribution in [1.29, 1.82) is 0 Å². The van der Waals surface area contributed by atoms with Crippen LogP contribution in [0.2, 0.25) is 0 Å². The molecule has 2 rings (SSSR count). The maximum atomic E-state index is 11.9.